The molecule has 0 unspecified atom stereocenters. The van der Waals surface area contributed by atoms with Crippen molar-refractivity contribution in [1.29, 1.82) is 0 Å². The zero-order valence-electron chi connectivity index (χ0n) is 17.6. The van der Waals surface area contributed by atoms with Crippen LogP contribution in [0.3, 0.4) is 0 Å². The van der Waals surface area contributed by atoms with Crippen LogP contribution in [0.15, 0.2) is 41.3 Å². The summed E-state index contributed by atoms with van der Waals surface area (Å²) in [6.07, 6.45) is 6.10. The van der Waals surface area contributed by atoms with Gasteiger partial charge in [0.05, 0.1) is 11.6 Å². The van der Waals surface area contributed by atoms with Crippen molar-refractivity contribution in [2.45, 2.75) is 45.6 Å². The molecule has 2 aromatic heterocycles. The van der Waals surface area contributed by atoms with E-state index >= 15 is 0 Å². The molecule has 1 N–H and O–H groups in total. The summed E-state index contributed by atoms with van der Waals surface area (Å²) in [7, 11) is 0. The van der Waals surface area contributed by atoms with Gasteiger partial charge < -0.3 is 10.0 Å². The number of carboxylic acids is 1. The van der Waals surface area contributed by atoms with Crippen LogP contribution in [0.1, 0.15) is 39.0 Å². The van der Waals surface area contributed by atoms with Gasteiger partial charge in [-0.2, -0.15) is 0 Å². The van der Waals surface area contributed by atoms with Crippen molar-refractivity contribution in [1.82, 2.24) is 14.0 Å². The zero-order chi connectivity index (χ0) is 22.0. The molecule has 3 heterocycles. The molecule has 1 aliphatic rings. The number of rotatable bonds is 7. The van der Waals surface area contributed by atoms with Crippen molar-refractivity contribution >= 4 is 29.2 Å². The summed E-state index contributed by atoms with van der Waals surface area (Å²) in [6.45, 7) is 4.14. The van der Waals surface area contributed by atoms with Gasteiger partial charge >= 0.3 is 5.97 Å². The molecule has 0 spiro atoms. The molecule has 0 radical (unpaired) electrons. The molecule has 0 atom stereocenters. The maximum Gasteiger partial charge on any atom is 0.306 e. The molecule has 0 aliphatic carbocycles. The molecule has 164 valence electrons. The third-order valence-corrected chi connectivity index (χ3v) is 6.24. The number of aliphatic carboxylic acids is 1. The SMILES string of the molecule is CCCCCn1c(N2CCC(C(=O)O)CC2)cc(=O)n2cc(-c3ccc(Cl)cc3)nc12. The minimum absolute atomic E-state index is 0.134. The van der Waals surface area contributed by atoms with Crippen molar-refractivity contribution in [2.75, 3.05) is 18.0 Å². The minimum atomic E-state index is -0.740. The summed E-state index contributed by atoms with van der Waals surface area (Å²) >= 11 is 6.01. The standard InChI is InChI=1S/C23H27ClN4O3/c1-2-3-4-11-27-20(26-12-9-17(10-13-26)22(30)31)14-21(29)28-15-19(25-23(27)28)16-5-7-18(24)8-6-16/h5-8,14-15,17H,2-4,9-13H2,1H3,(H,30,31). The maximum absolute atomic E-state index is 13.0. The first-order valence-electron chi connectivity index (χ1n) is 10.8. The molecule has 0 saturated carbocycles. The minimum Gasteiger partial charge on any atom is -0.481 e. The summed E-state index contributed by atoms with van der Waals surface area (Å²) in [4.78, 5) is 31.2. The average Bonchev–Trinajstić information content (AvgIpc) is 3.22. The number of nitrogens with zero attached hydrogens (tertiary/aromatic N) is 4. The zero-order valence-corrected chi connectivity index (χ0v) is 18.4. The highest BCUT2D eigenvalue weighted by molar-refractivity contribution is 6.30. The van der Waals surface area contributed by atoms with Gasteiger partial charge in [0, 0.05) is 42.5 Å². The van der Waals surface area contributed by atoms with E-state index in [-0.39, 0.29) is 11.5 Å². The van der Waals surface area contributed by atoms with Gasteiger partial charge in [0.1, 0.15) is 5.82 Å². The van der Waals surface area contributed by atoms with Crippen LogP contribution >= 0.6 is 11.6 Å². The van der Waals surface area contributed by atoms with Gasteiger partial charge in [0.25, 0.3) is 5.56 Å². The van der Waals surface area contributed by atoms with E-state index in [1.807, 2.05) is 24.3 Å². The second-order valence-electron chi connectivity index (χ2n) is 8.10. The topological polar surface area (TPSA) is 79.8 Å². The number of carbonyl (C=O) groups is 1. The molecule has 1 fully saturated rings. The lowest BCUT2D eigenvalue weighted by Crippen LogP contribution is -2.39. The Morgan fingerprint density at radius 3 is 2.55 bits per heavy atom. The number of fused-ring (bicyclic) bond motifs is 1. The number of hydrogen-bond acceptors (Lipinski definition) is 4. The van der Waals surface area contributed by atoms with Gasteiger partial charge in [0.15, 0.2) is 0 Å². The highest BCUT2D eigenvalue weighted by Gasteiger charge is 2.27. The van der Waals surface area contributed by atoms with Gasteiger partial charge in [-0.1, -0.05) is 43.5 Å². The highest BCUT2D eigenvalue weighted by Crippen LogP contribution is 2.26. The number of carboxylic acid groups (broad SMARTS) is 1. The van der Waals surface area contributed by atoms with Crippen LogP contribution < -0.4 is 10.5 Å². The molecule has 8 heteroatoms. The lowest BCUT2D eigenvalue weighted by Gasteiger charge is -2.33. The van der Waals surface area contributed by atoms with Gasteiger partial charge in [-0.3, -0.25) is 18.6 Å². The molecule has 1 aliphatic heterocycles. The molecule has 0 amide bonds. The molecule has 1 saturated heterocycles. The lowest BCUT2D eigenvalue weighted by molar-refractivity contribution is -0.142. The Kier molecular flexibility index (Phi) is 6.32. The second-order valence-corrected chi connectivity index (χ2v) is 8.54. The quantitative estimate of drug-likeness (QED) is 0.551. The van der Waals surface area contributed by atoms with Gasteiger partial charge in [-0.05, 0) is 31.4 Å². The highest BCUT2D eigenvalue weighted by atomic mass is 35.5. The third-order valence-electron chi connectivity index (χ3n) is 5.99. The summed E-state index contributed by atoms with van der Waals surface area (Å²) in [6, 6.07) is 9.08. The Morgan fingerprint density at radius 1 is 1.19 bits per heavy atom. The largest absolute Gasteiger partial charge is 0.481 e. The number of unbranched alkanes of at least 4 members (excludes halogenated alkanes) is 2. The first-order chi connectivity index (χ1) is 15.0. The average molecular weight is 443 g/mol. The van der Waals surface area contributed by atoms with Crippen LogP contribution in [0.4, 0.5) is 5.82 Å². The molecule has 0 bridgehead atoms. The summed E-state index contributed by atoms with van der Waals surface area (Å²) in [5.41, 5.74) is 1.49. The van der Waals surface area contributed by atoms with E-state index in [1.54, 1.807) is 16.7 Å². The van der Waals surface area contributed by atoms with Crippen molar-refractivity contribution < 1.29 is 9.90 Å². The van der Waals surface area contributed by atoms with E-state index in [4.69, 9.17) is 16.6 Å². The first kappa shape index (κ1) is 21.4. The molecular formula is C23H27ClN4O3. The van der Waals surface area contributed by atoms with Crippen molar-refractivity contribution in [3.8, 4) is 11.3 Å². The predicted molar refractivity (Wildman–Crippen MR) is 122 cm³/mol. The number of benzene rings is 1. The monoisotopic (exact) mass is 442 g/mol. The second kappa shape index (κ2) is 9.14. The normalized spacial score (nSPS) is 15.0. The predicted octanol–water partition coefficient (Wildman–Crippen LogP) is 4.31. The van der Waals surface area contributed by atoms with E-state index < -0.39 is 5.97 Å². The van der Waals surface area contributed by atoms with E-state index in [1.165, 1.54) is 0 Å². The molecule has 31 heavy (non-hydrogen) atoms. The molecule has 1 aromatic carbocycles. The van der Waals surface area contributed by atoms with Crippen molar-refractivity contribution in [3.05, 3.63) is 51.9 Å². The van der Waals surface area contributed by atoms with Crippen molar-refractivity contribution in [2.24, 2.45) is 5.92 Å². The summed E-state index contributed by atoms with van der Waals surface area (Å²) in [5, 5.41) is 9.96. The lowest BCUT2D eigenvalue weighted by atomic mass is 9.97. The fourth-order valence-corrected chi connectivity index (χ4v) is 4.32. The Hall–Kier alpha value is -2.80. The number of hydrogen-bond donors (Lipinski definition) is 1. The summed E-state index contributed by atoms with van der Waals surface area (Å²) in [5.74, 6) is 0.383. The number of piperidine rings is 1. The Labute approximate surface area is 185 Å². The van der Waals surface area contributed by atoms with Crippen LogP contribution in [0.5, 0.6) is 0 Å². The molecule has 3 aromatic rings. The number of anilines is 1. The number of aromatic nitrogens is 3. The van der Waals surface area contributed by atoms with Gasteiger partial charge in [-0.15, -0.1) is 0 Å². The van der Waals surface area contributed by atoms with Crippen molar-refractivity contribution in [3.63, 3.8) is 0 Å². The van der Waals surface area contributed by atoms with Gasteiger partial charge in [-0.25, -0.2) is 4.98 Å². The number of aryl methyl sites for hydroxylation is 1. The van der Waals surface area contributed by atoms with Crippen LogP contribution in [-0.2, 0) is 11.3 Å². The van der Waals surface area contributed by atoms with E-state index in [2.05, 4.69) is 16.4 Å². The molecule has 7 nitrogen and oxygen atoms in total. The van der Waals surface area contributed by atoms with E-state index in [0.717, 1.165) is 42.9 Å². The number of imidazole rings is 1. The maximum atomic E-state index is 13.0. The van der Waals surface area contributed by atoms with Crippen LogP contribution in [0.25, 0.3) is 17.0 Å². The Balaban J connectivity index is 1.76. The first-order valence-corrected chi connectivity index (χ1v) is 11.2. The number of halogens is 1. The molecule has 4 rings (SSSR count). The smallest absolute Gasteiger partial charge is 0.306 e. The fourth-order valence-electron chi connectivity index (χ4n) is 4.20. The van der Waals surface area contributed by atoms with E-state index in [9.17, 15) is 14.7 Å². The summed E-state index contributed by atoms with van der Waals surface area (Å²) < 4.78 is 3.71. The Bertz CT molecular complexity index is 1130. The van der Waals surface area contributed by atoms with Crippen LogP contribution in [0.2, 0.25) is 5.02 Å². The third kappa shape index (κ3) is 4.46. The van der Waals surface area contributed by atoms with Crippen LogP contribution in [-0.4, -0.2) is 38.1 Å². The van der Waals surface area contributed by atoms with Gasteiger partial charge in [0.2, 0.25) is 5.78 Å². The van der Waals surface area contributed by atoms with E-state index in [0.29, 0.717) is 36.7 Å². The van der Waals surface area contributed by atoms with Crippen LogP contribution in [0, 0.1) is 5.92 Å². The Morgan fingerprint density at radius 2 is 1.90 bits per heavy atom. The fraction of sp³-hybridized carbons (Fsp3) is 0.435. The molecular weight excluding hydrogens is 416 g/mol.